The van der Waals surface area contributed by atoms with Crippen LogP contribution >= 0.6 is 12.4 Å². The molecule has 0 bridgehead atoms. The highest BCUT2D eigenvalue weighted by Crippen LogP contribution is 2.23. The van der Waals surface area contributed by atoms with Gasteiger partial charge in [0, 0.05) is 18.7 Å². The number of fused-ring (bicyclic) bond motifs is 1. The molecule has 4 N–H and O–H groups in total. The summed E-state index contributed by atoms with van der Waals surface area (Å²) in [5.74, 6) is -0.891. The zero-order valence-corrected chi connectivity index (χ0v) is 20.5. The molecule has 0 aromatic heterocycles. The Bertz CT molecular complexity index is 1190. The van der Waals surface area contributed by atoms with Gasteiger partial charge in [-0.05, 0) is 48.2 Å². The molecular weight excluding hydrogens is 464 g/mol. The van der Waals surface area contributed by atoms with E-state index in [-0.39, 0.29) is 24.2 Å². The average molecular weight is 495 g/mol. The second kappa shape index (κ2) is 11.8. The topological polar surface area (TPSA) is 105 Å². The molecule has 3 atom stereocenters. The average Bonchev–Trinajstić information content (AvgIpc) is 3.34. The number of nitrogens with two attached hydrogens (primary N) is 1. The van der Waals surface area contributed by atoms with Crippen LogP contribution in [-0.4, -0.2) is 47.3 Å². The van der Waals surface area contributed by atoms with E-state index in [1.807, 2.05) is 72.8 Å². The summed E-state index contributed by atoms with van der Waals surface area (Å²) in [6, 6.07) is 21.0. The van der Waals surface area contributed by atoms with Crippen molar-refractivity contribution in [2.24, 2.45) is 5.73 Å². The molecular formula is C27H31ClN4O3. The molecule has 1 saturated heterocycles. The third kappa shape index (κ3) is 6.38. The zero-order valence-electron chi connectivity index (χ0n) is 19.6. The van der Waals surface area contributed by atoms with Crippen LogP contribution in [0.25, 0.3) is 10.8 Å². The van der Waals surface area contributed by atoms with Crippen molar-refractivity contribution in [3.63, 3.8) is 0 Å². The van der Waals surface area contributed by atoms with E-state index in [1.165, 1.54) is 0 Å². The maximum Gasteiger partial charge on any atom is 0.247 e. The van der Waals surface area contributed by atoms with Crippen molar-refractivity contribution in [3.05, 3.63) is 78.4 Å². The number of likely N-dealkylation sites (tertiary alicyclic amines) is 1. The van der Waals surface area contributed by atoms with Gasteiger partial charge in [-0.15, -0.1) is 12.4 Å². The van der Waals surface area contributed by atoms with E-state index in [4.69, 9.17) is 5.73 Å². The van der Waals surface area contributed by atoms with Crippen LogP contribution in [0.1, 0.15) is 25.3 Å². The minimum atomic E-state index is -0.796. The number of hydrogen-bond acceptors (Lipinski definition) is 4. The Morgan fingerprint density at radius 1 is 1.00 bits per heavy atom. The van der Waals surface area contributed by atoms with Gasteiger partial charge in [0.1, 0.15) is 12.1 Å². The fraction of sp³-hybridized carbons (Fsp3) is 0.296. The number of hydrogen-bond donors (Lipinski definition) is 3. The summed E-state index contributed by atoms with van der Waals surface area (Å²) in [6.45, 7) is 2.04. The van der Waals surface area contributed by atoms with Crippen LogP contribution in [0.5, 0.6) is 0 Å². The number of carbonyl (C=O) groups excluding carboxylic acids is 3. The van der Waals surface area contributed by atoms with Gasteiger partial charge < -0.3 is 21.3 Å². The minimum absolute atomic E-state index is 0. The Hall–Kier alpha value is -3.42. The van der Waals surface area contributed by atoms with Gasteiger partial charge in [0.05, 0.1) is 6.04 Å². The van der Waals surface area contributed by atoms with Crippen LogP contribution in [0.3, 0.4) is 0 Å². The van der Waals surface area contributed by atoms with Gasteiger partial charge in [-0.3, -0.25) is 14.4 Å². The second-order valence-electron chi connectivity index (χ2n) is 8.78. The van der Waals surface area contributed by atoms with Crippen molar-refractivity contribution < 1.29 is 14.4 Å². The van der Waals surface area contributed by atoms with Gasteiger partial charge in [0.15, 0.2) is 0 Å². The summed E-state index contributed by atoms with van der Waals surface area (Å²) < 4.78 is 0. The normalized spacial score (nSPS) is 16.7. The number of halogens is 1. The predicted molar refractivity (Wildman–Crippen MR) is 140 cm³/mol. The second-order valence-corrected chi connectivity index (χ2v) is 8.78. The number of nitrogens with zero attached hydrogens (tertiary/aromatic N) is 1. The Balaban J connectivity index is 0.00000342. The van der Waals surface area contributed by atoms with Gasteiger partial charge in [0.25, 0.3) is 0 Å². The molecule has 3 aromatic rings. The smallest absolute Gasteiger partial charge is 0.247 e. The Morgan fingerprint density at radius 3 is 2.40 bits per heavy atom. The third-order valence-corrected chi connectivity index (χ3v) is 6.17. The largest absolute Gasteiger partial charge is 0.343 e. The number of anilines is 1. The van der Waals surface area contributed by atoms with Crippen LogP contribution in [0.2, 0.25) is 0 Å². The Morgan fingerprint density at radius 2 is 1.69 bits per heavy atom. The summed E-state index contributed by atoms with van der Waals surface area (Å²) in [5, 5.41) is 7.87. The molecule has 0 aliphatic carbocycles. The molecule has 3 aromatic carbocycles. The predicted octanol–water partition coefficient (Wildman–Crippen LogP) is 3.27. The summed E-state index contributed by atoms with van der Waals surface area (Å²) in [5.41, 5.74) is 7.34. The third-order valence-electron chi connectivity index (χ3n) is 6.17. The number of carbonyl (C=O) groups is 3. The van der Waals surface area contributed by atoms with Gasteiger partial charge in [-0.2, -0.15) is 0 Å². The molecule has 4 rings (SSSR count). The quantitative estimate of drug-likeness (QED) is 0.469. The van der Waals surface area contributed by atoms with Gasteiger partial charge in [0.2, 0.25) is 17.7 Å². The first-order valence-corrected chi connectivity index (χ1v) is 11.6. The van der Waals surface area contributed by atoms with E-state index in [9.17, 15) is 14.4 Å². The van der Waals surface area contributed by atoms with E-state index in [0.717, 1.165) is 22.8 Å². The molecule has 0 spiro atoms. The molecule has 0 unspecified atom stereocenters. The monoisotopic (exact) mass is 494 g/mol. The van der Waals surface area contributed by atoms with Crippen molar-refractivity contribution in [1.82, 2.24) is 10.2 Å². The summed E-state index contributed by atoms with van der Waals surface area (Å²) in [7, 11) is 0. The molecule has 1 fully saturated rings. The van der Waals surface area contributed by atoms with Crippen LogP contribution in [-0.2, 0) is 20.8 Å². The lowest BCUT2D eigenvalue weighted by Gasteiger charge is -2.29. The van der Waals surface area contributed by atoms with E-state index < -0.39 is 24.0 Å². The van der Waals surface area contributed by atoms with Crippen LogP contribution in [0.15, 0.2) is 72.8 Å². The number of rotatable bonds is 7. The van der Waals surface area contributed by atoms with Gasteiger partial charge >= 0.3 is 0 Å². The first kappa shape index (κ1) is 26.2. The maximum atomic E-state index is 13.5. The fourth-order valence-corrected chi connectivity index (χ4v) is 4.35. The van der Waals surface area contributed by atoms with Crippen LogP contribution in [0, 0.1) is 0 Å². The Labute approximate surface area is 211 Å². The summed E-state index contributed by atoms with van der Waals surface area (Å²) in [6.07, 6.45) is 1.62. The van der Waals surface area contributed by atoms with Crippen molar-refractivity contribution in [2.45, 2.75) is 44.3 Å². The van der Waals surface area contributed by atoms with Crippen molar-refractivity contribution in [3.8, 4) is 0 Å². The molecule has 35 heavy (non-hydrogen) atoms. The van der Waals surface area contributed by atoms with Crippen LogP contribution < -0.4 is 16.4 Å². The van der Waals surface area contributed by atoms with Crippen molar-refractivity contribution in [1.29, 1.82) is 0 Å². The highest BCUT2D eigenvalue weighted by molar-refractivity contribution is 6.00. The number of benzene rings is 3. The molecule has 1 aliphatic rings. The molecule has 1 aliphatic heterocycles. The molecule has 0 saturated carbocycles. The van der Waals surface area contributed by atoms with Gasteiger partial charge in [-0.25, -0.2) is 0 Å². The van der Waals surface area contributed by atoms with Gasteiger partial charge in [-0.1, -0.05) is 60.7 Å². The van der Waals surface area contributed by atoms with E-state index in [1.54, 1.807) is 11.8 Å². The SMILES string of the molecule is C[C@H](N)C(=O)N[C@@H](Cc1ccccc1)C(=O)N1CCC[C@H]1C(=O)Nc1ccc2ccccc2c1.Cl. The van der Waals surface area contributed by atoms with E-state index in [2.05, 4.69) is 10.6 Å². The summed E-state index contributed by atoms with van der Waals surface area (Å²) in [4.78, 5) is 40.6. The van der Waals surface area contributed by atoms with E-state index >= 15 is 0 Å². The number of nitrogens with one attached hydrogen (secondary N) is 2. The lowest BCUT2D eigenvalue weighted by Crippen LogP contribution is -2.55. The first-order valence-electron chi connectivity index (χ1n) is 11.6. The maximum absolute atomic E-state index is 13.5. The fourth-order valence-electron chi connectivity index (χ4n) is 4.35. The molecule has 1 heterocycles. The lowest BCUT2D eigenvalue weighted by atomic mass is 10.0. The highest BCUT2D eigenvalue weighted by atomic mass is 35.5. The minimum Gasteiger partial charge on any atom is -0.343 e. The first-order chi connectivity index (χ1) is 16.4. The molecule has 184 valence electrons. The highest BCUT2D eigenvalue weighted by Gasteiger charge is 2.38. The molecule has 3 amide bonds. The Kier molecular flexibility index (Phi) is 8.84. The molecule has 7 nitrogen and oxygen atoms in total. The standard InChI is InChI=1S/C27H30N4O3.ClH/c1-18(28)25(32)30-23(16-19-8-3-2-4-9-19)27(34)31-15-7-12-24(31)26(33)29-22-14-13-20-10-5-6-11-21(20)17-22;/h2-6,8-11,13-14,17-18,23-24H,7,12,15-16,28H2,1H3,(H,29,33)(H,30,32);1H/t18-,23-,24-;/m0./s1. The summed E-state index contributed by atoms with van der Waals surface area (Å²) >= 11 is 0. The molecule has 0 radical (unpaired) electrons. The van der Waals surface area contributed by atoms with E-state index in [0.29, 0.717) is 25.1 Å². The van der Waals surface area contributed by atoms with Crippen molar-refractivity contribution >= 4 is 46.6 Å². The number of amides is 3. The van der Waals surface area contributed by atoms with Crippen LogP contribution in [0.4, 0.5) is 5.69 Å². The lowest BCUT2D eigenvalue weighted by molar-refractivity contribution is -0.140. The molecule has 8 heteroatoms. The van der Waals surface area contributed by atoms with Crippen molar-refractivity contribution in [2.75, 3.05) is 11.9 Å². The zero-order chi connectivity index (χ0) is 24.1.